The number of hydroxylamine groups is 1. The predicted octanol–water partition coefficient (Wildman–Crippen LogP) is 2.76. The SMILES string of the molecule is CCOCCOc1ccc(-c2nc3ccc(C(=O)NO)cc3[nH]2)cc1. The summed E-state index contributed by atoms with van der Waals surface area (Å²) in [5.74, 6) is 0.894. The number of nitrogens with zero attached hydrogens (tertiary/aromatic N) is 1. The van der Waals surface area contributed by atoms with Crippen molar-refractivity contribution in [3.05, 3.63) is 48.0 Å². The van der Waals surface area contributed by atoms with Gasteiger partial charge in [0, 0.05) is 17.7 Å². The lowest BCUT2D eigenvalue weighted by molar-refractivity contribution is 0.0706. The summed E-state index contributed by atoms with van der Waals surface area (Å²) in [5, 5.41) is 8.72. The standard InChI is InChI=1S/C18H19N3O4/c1-2-24-9-10-25-14-6-3-12(4-7-14)17-19-15-8-5-13(18(22)21-23)11-16(15)20-17/h3-8,11,23H,2,9-10H2,1H3,(H,19,20)(H,21,22). The van der Waals surface area contributed by atoms with Gasteiger partial charge in [-0.1, -0.05) is 0 Å². The number of hydrogen-bond donors (Lipinski definition) is 3. The third kappa shape index (κ3) is 3.96. The Hall–Kier alpha value is -2.90. The first-order chi connectivity index (χ1) is 12.2. The molecule has 0 radical (unpaired) electrons. The first-order valence-electron chi connectivity index (χ1n) is 7.96. The summed E-state index contributed by atoms with van der Waals surface area (Å²) in [6, 6.07) is 12.5. The first-order valence-corrected chi connectivity index (χ1v) is 7.96. The van der Waals surface area contributed by atoms with E-state index in [-0.39, 0.29) is 0 Å². The number of imidazole rings is 1. The smallest absolute Gasteiger partial charge is 0.274 e. The van der Waals surface area contributed by atoms with Gasteiger partial charge in [0.15, 0.2) is 0 Å². The zero-order valence-corrected chi connectivity index (χ0v) is 13.8. The molecule has 1 aromatic heterocycles. The monoisotopic (exact) mass is 341 g/mol. The van der Waals surface area contributed by atoms with Gasteiger partial charge in [-0.3, -0.25) is 10.0 Å². The van der Waals surface area contributed by atoms with E-state index in [1.807, 2.05) is 31.2 Å². The normalized spacial score (nSPS) is 10.8. The van der Waals surface area contributed by atoms with Crippen molar-refractivity contribution in [3.8, 4) is 17.1 Å². The Morgan fingerprint density at radius 3 is 2.72 bits per heavy atom. The minimum absolute atomic E-state index is 0.350. The van der Waals surface area contributed by atoms with E-state index in [4.69, 9.17) is 14.7 Å². The van der Waals surface area contributed by atoms with Crippen molar-refractivity contribution in [3.63, 3.8) is 0 Å². The average molecular weight is 341 g/mol. The number of carbonyl (C=O) groups excluding carboxylic acids is 1. The van der Waals surface area contributed by atoms with Crippen LogP contribution in [0.25, 0.3) is 22.4 Å². The molecule has 3 rings (SSSR count). The largest absolute Gasteiger partial charge is 0.491 e. The number of H-pyrrole nitrogens is 1. The number of aromatic nitrogens is 2. The van der Waals surface area contributed by atoms with E-state index in [1.54, 1.807) is 23.7 Å². The zero-order chi connectivity index (χ0) is 17.6. The molecule has 0 saturated heterocycles. The summed E-state index contributed by atoms with van der Waals surface area (Å²) in [4.78, 5) is 19.2. The van der Waals surface area contributed by atoms with Gasteiger partial charge in [0.2, 0.25) is 0 Å². The molecule has 0 unspecified atom stereocenters. The van der Waals surface area contributed by atoms with Gasteiger partial charge in [-0.15, -0.1) is 0 Å². The van der Waals surface area contributed by atoms with Crippen LogP contribution in [-0.4, -0.2) is 40.9 Å². The van der Waals surface area contributed by atoms with E-state index in [0.717, 1.165) is 16.8 Å². The molecule has 1 heterocycles. The van der Waals surface area contributed by atoms with Crippen molar-refractivity contribution < 1.29 is 19.5 Å². The third-order valence-electron chi connectivity index (χ3n) is 3.67. The van der Waals surface area contributed by atoms with Crippen LogP contribution in [0.4, 0.5) is 0 Å². The number of benzene rings is 2. The van der Waals surface area contributed by atoms with Crippen molar-refractivity contribution in [2.24, 2.45) is 0 Å². The van der Waals surface area contributed by atoms with Crippen LogP contribution >= 0.6 is 0 Å². The Balaban J connectivity index is 1.76. The fourth-order valence-electron chi connectivity index (χ4n) is 2.42. The van der Waals surface area contributed by atoms with Crippen LogP contribution in [0.3, 0.4) is 0 Å². The molecule has 0 atom stereocenters. The van der Waals surface area contributed by atoms with E-state index in [9.17, 15) is 4.79 Å². The molecule has 0 bridgehead atoms. The van der Waals surface area contributed by atoms with Crippen LogP contribution in [0.15, 0.2) is 42.5 Å². The van der Waals surface area contributed by atoms with Crippen molar-refractivity contribution >= 4 is 16.9 Å². The average Bonchev–Trinajstić information content (AvgIpc) is 3.08. The van der Waals surface area contributed by atoms with Gasteiger partial charge in [-0.2, -0.15) is 0 Å². The predicted molar refractivity (Wildman–Crippen MR) is 92.8 cm³/mol. The van der Waals surface area contributed by atoms with Crippen LogP contribution in [0.1, 0.15) is 17.3 Å². The van der Waals surface area contributed by atoms with Gasteiger partial charge >= 0.3 is 0 Å². The maximum atomic E-state index is 11.5. The highest BCUT2D eigenvalue weighted by molar-refractivity contribution is 5.97. The number of nitrogens with one attached hydrogen (secondary N) is 2. The van der Waals surface area contributed by atoms with Crippen LogP contribution in [0, 0.1) is 0 Å². The molecule has 0 saturated carbocycles. The summed E-state index contributed by atoms with van der Waals surface area (Å²) in [6.07, 6.45) is 0. The van der Waals surface area contributed by atoms with E-state index in [0.29, 0.717) is 36.7 Å². The molecule has 0 aliphatic rings. The quantitative estimate of drug-likeness (QED) is 0.349. The Morgan fingerprint density at radius 1 is 1.20 bits per heavy atom. The molecule has 0 aliphatic carbocycles. The summed E-state index contributed by atoms with van der Waals surface area (Å²) < 4.78 is 10.8. The lowest BCUT2D eigenvalue weighted by Crippen LogP contribution is -2.18. The first kappa shape index (κ1) is 16.9. The van der Waals surface area contributed by atoms with Gasteiger partial charge in [-0.05, 0) is 49.4 Å². The third-order valence-corrected chi connectivity index (χ3v) is 3.67. The van der Waals surface area contributed by atoms with E-state index >= 15 is 0 Å². The molecule has 1 amide bonds. The lowest BCUT2D eigenvalue weighted by atomic mass is 10.2. The fraction of sp³-hybridized carbons (Fsp3) is 0.222. The molecule has 3 N–H and O–H groups in total. The highest BCUT2D eigenvalue weighted by atomic mass is 16.5. The van der Waals surface area contributed by atoms with Gasteiger partial charge in [-0.25, -0.2) is 10.5 Å². The zero-order valence-electron chi connectivity index (χ0n) is 13.8. The molecule has 0 aliphatic heterocycles. The number of amides is 1. The highest BCUT2D eigenvalue weighted by Crippen LogP contribution is 2.23. The molecular formula is C18H19N3O4. The van der Waals surface area contributed by atoms with Crippen LogP contribution in [0.5, 0.6) is 5.75 Å². The molecule has 130 valence electrons. The molecule has 0 spiro atoms. The molecular weight excluding hydrogens is 322 g/mol. The number of fused-ring (bicyclic) bond motifs is 1. The molecule has 7 heteroatoms. The number of aromatic amines is 1. The van der Waals surface area contributed by atoms with Crippen molar-refractivity contribution in [1.29, 1.82) is 0 Å². The number of ether oxygens (including phenoxy) is 2. The van der Waals surface area contributed by atoms with Gasteiger partial charge in [0.1, 0.15) is 18.2 Å². The van der Waals surface area contributed by atoms with Gasteiger partial charge in [0.05, 0.1) is 17.6 Å². The Labute approximate surface area is 144 Å². The van der Waals surface area contributed by atoms with E-state index in [2.05, 4.69) is 9.97 Å². The molecule has 2 aromatic carbocycles. The summed E-state index contributed by atoms with van der Waals surface area (Å²) >= 11 is 0. The summed E-state index contributed by atoms with van der Waals surface area (Å²) in [6.45, 7) is 3.69. The maximum absolute atomic E-state index is 11.5. The fourth-order valence-corrected chi connectivity index (χ4v) is 2.42. The van der Waals surface area contributed by atoms with Crippen molar-refractivity contribution in [2.45, 2.75) is 6.92 Å². The lowest BCUT2D eigenvalue weighted by Gasteiger charge is -2.06. The Bertz CT molecular complexity index is 858. The summed E-state index contributed by atoms with van der Waals surface area (Å²) in [5.41, 5.74) is 4.33. The molecule has 3 aromatic rings. The second kappa shape index (κ2) is 7.78. The molecule has 0 fully saturated rings. The van der Waals surface area contributed by atoms with Crippen molar-refractivity contribution in [2.75, 3.05) is 19.8 Å². The second-order valence-corrected chi connectivity index (χ2v) is 5.33. The van der Waals surface area contributed by atoms with Crippen LogP contribution in [-0.2, 0) is 4.74 Å². The highest BCUT2D eigenvalue weighted by Gasteiger charge is 2.09. The number of rotatable bonds is 7. The molecule has 25 heavy (non-hydrogen) atoms. The second-order valence-electron chi connectivity index (χ2n) is 5.33. The Kier molecular flexibility index (Phi) is 5.27. The van der Waals surface area contributed by atoms with Gasteiger partial charge < -0.3 is 14.5 Å². The van der Waals surface area contributed by atoms with Crippen LogP contribution < -0.4 is 10.2 Å². The van der Waals surface area contributed by atoms with E-state index < -0.39 is 5.91 Å². The van der Waals surface area contributed by atoms with E-state index in [1.165, 1.54) is 0 Å². The number of hydrogen-bond acceptors (Lipinski definition) is 5. The summed E-state index contributed by atoms with van der Waals surface area (Å²) in [7, 11) is 0. The minimum Gasteiger partial charge on any atom is -0.491 e. The van der Waals surface area contributed by atoms with Crippen molar-refractivity contribution in [1.82, 2.24) is 15.4 Å². The minimum atomic E-state index is -0.563. The Morgan fingerprint density at radius 2 is 2.00 bits per heavy atom. The topological polar surface area (TPSA) is 96.5 Å². The van der Waals surface area contributed by atoms with Crippen LogP contribution in [0.2, 0.25) is 0 Å². The maximum Gasteiger partial charge on any atom is 0.274 e. The van der Waals surface area contributed by atoms with Gasteiger partial charge in [0.25, 0.3) is 5.91 Å². The molecule has 7 nitrogen and oxygen atoms in total. The number of carbonyl (C=O) groups is 1.